The van der Waals surface area contributed by atoms with E-state index in [-0.39, 0.29) is 0 Å². The Balaban J connectivity index is 1.64. The maximum absolute atomic E-state index is 3.96. The molecule has 4 atom stereocenters. The van der Waals surface area contributed by atoms with Gasteiger partial charge in [-0.25, -0.2) is 0 Å². The van der Waals surface area contributed by atoms with E-state index in [2.05, 4.69) is 48.8 Å². The predicted molar refractivity (Wildman–Crippen MR) is 88.2 cm³/mol. The lowest BCUT2D eigenvalue weighted by Gasteiger charge is -2.23. The molecule has 0 saturated heterocycles. The van der Waals surface area contributed by atoms with Crippen LogP contribution in [0.3, 0.4) is 0 Å². The second-order valence-corrected chi connectivity index (χ2v) is 9.81. The third-order valence-corrected chi connectivity index (χ3v) is 7.86. The Morgan fingerprint density at radius 1 is 1.26 bits per heavy atom. The van der Waals surface area contributed by atoms with E-state index in [0.717, 1.165) is 17.8 Å². The van der Waals surface area contributed by atoms with Crippen molar-refractivity contribution in [2.24, 2.45) is 17.8 Å². The average molecular weight is 341 g/mol. The van der Waals surface area contributed by atoms with Gasteiger partial charge in [0.15, 0.2) is 0 Å². The third kappa shape index (κ3) is 2.95. The maximum atomic E-state index is 3.96. The van der Waals surface area contributed by atoms with E-state index in [0.29, 0.717) is 10.2 Å². The van der Waals surface area contributed by atoms with Crippen LogP contribution in [0.5, 0.6) is 0 Å². The number of thiophene rings is 1. The average Bonchev–Trinajstić information content (AvgIpc) is 3.03. The van der Waals surface area contributed by atoms with Crippen molar-refractivity contribution < 1.29 is 0 Å². The molecule has 19 heavy (non-hydrogen) atoms. The van der Waals surface area contributed by atoms with Gasteiger partial charge in [-0.3, -0.25) is 0 Å². The zero-order valence-electron chi connectivity index (χ0n) is 12.3. The molecule has 0 amide bonds. The van der Waals surface area contributed by atoms with Gasteiger partial charge >= 0.3 is 0 Å². The van der Waals surface area contributed by atoms with Crippen LogP contribution in [0.1, 0.15) is 67.5 Å². The summed E-state index contributed by atoms with van der Waals surface area (Å²) < 4.78 is 0. The van der Waals surface area contributed by atoms with Crippen LogP contribution in [-0.2, 0) is 5.41 Å². The van der Waals surface area contributed by atoms with E-state index in [4.69, 9.17) is 0 Å². The Labute approximate surface area is 130 Å². The Hall–Kier alpha value is 0.180. The van der Waals surface area contributed by atoms with Crippen LogP contribution in [0.4, 0.5) is 0 Å². The van der Waals surface area contributed by atoms with E-state index in [1.807, 2.05) is 11.3 Å². The molecule has 1 aromatic rings. The monoisotopic (exact) mass is 340 g/mol. The van der Waals surface area contributed by atoms with E-state index in [9.17, 15) is 0 Å². The molecule has 2 heteroatoms. The van der Waals surface area contributed by atoms with Crippen LogP contribution in [0.15, 0.2) is 12.1 Å². The molecule has 2 aliphatic carbocycles. The van der Waals surface area contributed by atoms with Gasteiger partial charge in [-0.05, 0) is 61.0 Å². The summed E-state index contributed by atoms with van der Waals surface area (Å²) in [6.45, 7) is 6.92. The predicted octanol–water partition coefficient (Wildman–Crippen LogP) is 6.31. The van der Waals surface area contributed by atoms with E-state index in [1.54, 1.807) is 0 Å². The summed E-state index contributed by atoms with van der Waals surface area (Å²) in [6.07, 6.45) is 7.41. The molecule has 2 aliphatic rings. The number of fused-ring (bicyclic) bond motifs is 2. The summed E-state index contributed by atoms with van der Waals surface area (Å²) in [6, 6.07) is 4.67. The largest absolute Gasteiger partial charge is 0.144 e. The standard InChI is InChI=1S/C17H25BrS/c1-17(2,3)16-7-6-15(19-16)14(18)10-13-9-11-4-5-12(13)8-11/h6-7,11-14H,4-5,8-10H2,1-3H3. The minimum Gasteiger partial charge on any atom is -0.144 e. The van der Waals surface area contributed by atoms with Crippen molar-refractivity contribution >= 4 is 27.3 Å². The van der Waals surface area contributed by atoms with Crippen molar-refractivity contribution in [1.82, 2.24) is 0 Å². The zero-order valence-corrected chi connectivity index (χ0v) is 14.7. The van der Waals surface area contributed by atoms with Crippen LogP contribution in [0.25, 0.3) is 0 Å². The topological polar surface area (TPSA) is 0 Å². The van der Waals surface area contributed by atoms with Gasteiger partial charge in [0.1, 0.15) is 0 Å². The smallest absolute Gasteiger partial charge is 0.0492 e. The Morgan fingerprint density at radius 3 is 2.58 bits per heavy atom. The lowest BCUT2D eigenvalue weighted by atomic mass is 9.85. The molecule has 0 nitrogen and oxygen atoms in total. The molecule has 4 unspecified atom stereocenters. The van der Waals surface area contributed by atoms with Crippen LogP contribution in [-0.4, -0.2) is 0 Å². The van der Waals surface area contributed by atoms with Crippen LogP contribution < -0.4 is 0 Å². The van der Waals surface area contributed by atoms with Crippen molar-refractivity contribution in [1.29, 1.82) is 0 Å². The highest BCUT2D eigenvalue weighted by molar-refractivity contribution is 9.09. The first-order valence-corrected chi connectivity index (χ1v) is 9.41. The molecule has 0 aromatic carbocycles. The van der Waals surface area contributed by atoms with Crippen molar-refractivity contribution in [3.63, 3.8) is 0 Å². The normalized spacial score (nSPS) is 31.9. The first kappa shape index (κ1) is 14.1. The number of hydrogen-bond acceptors (Lipinski definition) is 1. The summed E-state index contributed by atoms with van der Waals surface area (Å²) in [5.74, 6) is 3.11. The molecular formula is C17H25BrS. The van der Waals surface area contributed by atoms with Gasteiger partial charge in [0, 0.05) is 14.6 Å². The van der Waals surface area contributed by atoms with Gasteiger partial charge in [-0.1, -0.05) is 43.1 Å². The second-order valence-electron chi connectivity index (χ2n) is 7.59. The fourth-order valence-corrected chi connectivity index (χ4v) is 5.94. The highest BCUT2D eigenvalue weighted by Gasteiger charge is 2.40. The highest BCUT2D eigenvalue weighted by atomic mass is 79.9. The fraction of sp³-hybridized carbons (Fsp3) is 0.765. The van der Waals surface area contributed by atoms with Gasteiger partial charge in [0.05, 0.1) is 0 Å². The summed E-state index contributed by atoms with van der Waals surface area (Å²) >= 11 is 5.96. The quantitative estimate of drug-likeness (QED) is 0.565. The number of halogens is 1. The molecule has 3 rings (SSSR count). The molecule has 2 bridgehead atoms. The summed E-state index contributed by atoms with van der Waals surface area (Å²) in [5, 5.41) is 0. The summed E-state index contributed by atoms with van der Waals surface area (Å²) in [4.78, 5) is 3.63. The number of hydrogen-bond donors (Lipinski definition) is 0. The first-order chi connectivity index (χ1) is 8.93. The van der Waals surface area contributed by atoms with Gasteiger partial charge in [0.25, 0.3) is 0 Å². The molecule has 1 aromatic heterocycles. The van der Waals surface area contributed by atoms with Gasteiger partial charge in [0.2, 0.25) is 0 Å². The molecular weight excluding hydrogens is 316 g/mol. The molecule has 0 N–H and O–H groups in total. The first-order valence-electron chi connectivity index (χ1n) is 7.68. The second kappa shape index (κ2) is 5.18. The number of rotatable bonds is 3. The van der Waals surface area contributed by atoms with Crippen LogP contribution in [0.2, 0.25) is 0 Å². The number of alkyl halides is 1. The summed E-state index contributed by atoms with van der Waals surface area (Å²) in [7, 11) is 0. The van der Waals surface area contributed by atoms with Crippen molar-refractivity contribution in [2.75, 3.05) is 0 Å². The van der Waals surface area contributed by atoms with Crippen molar-refractivity contribution in [3.05, 3.63) is 21.9 Å². The Bertz CT molecular complexity index is 442. The van der Waals surface area contributed by atoms with Gasteiger partial charge in [-0.15, -0.1) is 11.3 Å². The van der Waals surface area contributed by atoms with Gasteiger partial charge < -0.3 is 0 Å². The van der Waals surface area contributed by atoms with E-state index < -0.39 is 0 Å². The Morgan fingerprint density at radius 2 is 2.05 bits per heavy atom. The van der Waals surface area contributed by atoms with Crippen molar-refractivity contribution in [3.8, 4) is 0 Å². The minimum atomic E-state index is 0.294. The molecule has 2 saturated carbocycles. The van der Waals surface area contributed by atoms with Gasteiger partial charge in [-0.2, -0.15) is 0 Å². The highest BCUT2D eigenvalue weighted by Crippen LogP contribution is 2.52. The van der Waals surface area contributed by atoms with Crippen LogP contribution in [0, 0.1) is 17.8 Å². The zero-order chi connectivity index (χ0) is 13.6. The maximum Gasteiger partial charge on any atom is 0.0492 e. The molecule has 2 fully saturated rings. The molecule has 0 spiro atoms. The fourth-order valence-electron chi connectivity index (χ4n) is 3.97. The molecule has 0 aliphatic heterocycles. The Kier molecular flexibility index (Phi) is 3.85. The van der Waals surface area contributed by atoms with Crippen LogP contribution >= 0.6 is 27.3 Å². The third-order valence-electron chi connectivity index (χ3n) is 5.07. The summed E-state index contributed by atoms with van der Waals surface area (Å²) in [5.41, 5.74) is 0.294. The molecule has 106 valence electrons. The SMILES string of the molecule is CC(C)(C)c1ccc(C(Br)CC2CC3CCC2C3)s1. The van der Waals surface area contributed by atoms with Crippen molar-refractivity contribution in [2.45, 2.75) is 63.1 Å². The van der Waals surface area contributed by atoms with E-state index in [1.165, 1.54) is 41.9 Å². The lowest BCUT2D eigenvalue weighted by Crippen LogP contribution is -2.12. The molecule has 0 radical (unpaired) electrons. The van der Waals surface area contributed by atoms with E-state index >= 15 is 0 Å². The molecule has 1 heterocycles. The minimum absolute atomic E-state index is 0.294. The lowest BCUT2D eigenvalue weighted by molar-refractivity contribution is 0.314.